The molecule has 8 nitrogen and oxygen atoms in total. The van der Waals surface area contributed by atoms with Crippen LogP contribution >= 0.6 is 15.9 Å². The molecule has 0 N–H and O–H groups in total. The predicted octanol–water partition coefficient (Wildman–Crippen LogP) is 4.68. The number of carbonyl (C=O) groups is 2. The molecule has 1 spiro atoms. The van der Waals surface area contributed by atoms with Crippen molar-refractivity contribution < 1.29 is 14.3 Å². The fraction of sp³-hybridized carbons (Fsp3) is 0.310. The van der Waals surface area contributed by atoms with E-state index < -0.39 is 5.41 Å². The molecule has 194 valence electrons. The van der Waals surface area contributed by atoms with E-state index in [4.69, 9.17) is 9.84 Å². The summed E-state index contributed by atoms with van der Waals surface area (Å²) in [5, 5.41) is 6.33. The van der Waals surface area contributed by atoms with Crippen LogP contribution in [-0.4, -0.2) is 54.9 Å². The van der Waals surface area contributed by atoms with Crippen LogP contribution in [-0.2, 0) is 16.0 Å². The summed E-state index contributed by atoms with van der Waals surface area (Å²) < 4.78 is 6.09. The molecule has 2 aromatic carbocycles. The Morgan fingerprint density at radius 1 is 1.13 bits per heavy atom. The standard InChI is InChI=1S/C29H28BrN5O3/c1-3-38-27(36)20-7-10-23(11-8-20)35-28(37)29(19(2)32-35)17-21-16-22(30)9-12-24(21)34-15-14-33(18-25(29)34)26-6-4-5-13-31-26/h4-13,16,25H,3,14-15,17-18H2,1-2H3. The summed E-state index contributed by atoms with van der Waals surface area (Å²) in [5.41, 5.74) is 3.33. The van der Waals surface area contributed by atoms with Crippen LogP contribution in [0.3, 0.4) is 0 Å². The normalized spacial score (nSPS) is 22.3. The third-order valence-electron chi connectivity index (χ3n) is 7.84. The number of pyridine rings is 1. The smallest absolute Gasteiger partial charge is 0.338 e. The highest BCUT2D eigenvalue weighted by Crippen LogP contribution is 2.49. The zero-order valence-electron chi connectivity index (χ0n) is 21.3. The van der Waals surface area contributed by atoms with E-state index in [0.29, 0.717) is 30.8 Å². The minimum Gasteiger partial charge on any atom is -0.462 e. The minimum absolute atomic E-state index is 0.0534. The molecule has 3 aromatic rings. The number of benzene rings is 2. The number of fused-ring (bicyclic) bond motifs is 4. The zero-order valence-corrected chi connectivity index (χ0v) is 22.9. The van der Waals surface area contributed by atoms with Crippen molar-refractivity contribution in [2.45, 2.75) is 26.3 Å². The number of hydrogen-bond acceptors (Lipinski definition) is 7. The van der Waals surface area contributed by atoms with Crippen molar-refractivity contribution in [1.29, 1.82) is 0 Å². The van der Waals surface area contributed by atoms with Gasteiger partial charge in [-0.1, -0.05) is 22.0 Å². The first-order valence-corrected chi connectivity index (χ1v) is 13.6. The highest BCUT2D eigenvalue weighted by molar-refractivity contribution is 9.10. The van der Waals surface area contributed by atoms with Gasteiger partial charge >= 0.3 is 5.97 Å². The number of carbonyl (C=O) groups excluding carboxylic acids is 2. The van der Waals surface area contributed by atoms with Crippen LogP contribution in [0.1, 0.15) is 29.8 Å². The first kappa shape index (κ1) is 24.6. The first-order chi connectivity index (χ1) is 18.4. The van der Waals surface area contributed by atoms with Gasteiger partial charge < -0.3 is 14.5 Å². The highest BCUT2D eigenvalue weighted by atomic mass is 79.9. The van der Waals surface area contributed by atoms with Gasteiger partial charge in [-0.25, -0.2) is 9.78 Å². The molecule has 38 heavy (non-hydrogen) atoms. The summed E-state index contributed by atoms with van der Waals surface area (Å²) >= 11 is 3.63. The van der Waals surface area contributed by atoms with Gasteiger partial charge in [0.05, 0.1) is 29.6 Å². The van der Waals surface area contributed by atoms with Gasteiger partial charge in [-0.05, 0) is 80.4 Å². The van der Waals surface area contributed by atoms with Gasteiger partial charge in [-0.3, -0.25) is 4.79 Å². The molecule has 0 bridgehead atoms. The third kappa shape index (κ3) is 3.88. The van der Waals surface area contributed by atoms with E-state index >= 15 is 0 Å². The maximum Gasteiger partial charge on any atom is 0.338 e. The Labute approximate surface area is 230 Å². The van der Waals surface area contributed by atoms with Crippen LogP contribution in [0.4, 0.5) is 17.2 Å². The number of rotatable bonds is 4. The average Bonchev–Trinajstić information content (AvgIpc) is 3.19. The molecule has 3 aliphatic heterocycles. The number of hydrogen-bond donors (Lipinski definition) is 0. The lowest BCUT2D eigenvalue weighted by molar-refractivity contribution is -0.125. The number of anilines is 3. The quantitative estimate of drug-likeness (QED) is 0.422. The number of ether oxygens (including phenoxy) is 1. The number of aromatic nitrogens is 1. The molecule has 1 fully saturated rings. The van der Waals surface area contributed by atoms with Crippen molar-refractivity contribution in [2.75, 3.05) is 41.0 Å². The van der Waals surface area contributed by atoms with Crippen molar-refractivity contribution in [3.8, 4) is 0 Å². The fourth-order valence-electron chi connectivity index (χ4n) is 5.98. The van der Waals surface area contributed by atoms with Gasteiger partial charge in [0.1, 0.15) is 11.2 Å². The summed E-state index contributed by atoms with van der Waals surface area (Å²) in [6.45, 7) is 6.28. The highest BCUT2D eigenvalue weighted by Gasteiger charge is 2.60. The summed E-state index contributed by atoms with van der Waals surface area (Å²) in [6, 6.07) is 19.0. The van der Waals surface area contributed by atoms with Crippen LogP contribution in [0, 0.1) is 5.41 Å². The van der Waals surface area contributed by atoms with Gasteiger partial charge in [-0.2, -0.15) is 10.1 Å². The summed E-state index contributed by atoms with van der Waals surface area (Å²) in [4.78, 5) is 35.8. The Morgan fingerprint density at radius 2 is 1.95 bits per heavy atom. The monoisotopic (exact) mass is 573 g/mol. The van der Waals surface area contributed by atoms with E-state index in [1.54, 1.807) is 37.4 Å². The second-order valence-corrected chi connectivity index (χ2v) is 10.7. The number of amides is 1. The second kappa shape index (κ2) is 9.54. The van der Waals surface area contributed by atoms with Gasteiger partial charge in [0, 0.05) is 36.0 Å². The van der Waals surface area contributed by atoms with Crippen LogP contribution in [0.5, 0.6) is 0 Å². The molecule has 4 heterocycles. The molecule has 6 rings (SSSR count). The van der Waals surface area contributed by atoms with Crippen molar-refractivity contribution >= 4 is 50.7 Å². The maximum absolute atomic E-state index is 14.5. The van der Waals surface area contributed by atoms with Gasteiger partial charge in [-0.15, -0.1) is 0 Å². The molecule has 1 amide bonds. The third-order valence-corrected chi connectivity index (χ3v) is 8.33. The Kier molecular flexibility index (Phi) is 6.18. The molecule has 0 aliphatic carbocycles. The average molecular weight is 574 g/mol. The van der Waals surface area contributed by atoms with Gasteiger partial charge in [0.2, 0.25) is 0 Å². The molecule has 0 radical (unpaired) electrons. The van der Waals surface area contributed by atoms with E-state index in [9.17, 15) is 9.59 Å². The maximum atomic E-state index is 14.5. The summed E-state index contributed by atoms with van der Waals surface area (Å²) in [6.07, 6.45) is 2.37. The lowest BCUT2D eigenvalue weighted by Crippen LogP contribution is -2.67. The Morgan fingerprint density at radius 3 is 2.68 bits per heavy atom. The van der Waals surface area contributed by atoms with Crippen molar-refractivity contribution in [2.24, 2.45) is 10.5 Å². The van der Waals surface area contributed by atoms with Crippen molar-refractivity contribution in [3.05, 3.63) is 82.5 Å². The first-order valence-electron chi connectivity index (χ1n) is 12.8. The molecule has 2 atom stereocenters. The number of piperazine rings is 1. The molecule has 3 aliphatic rings. The predicted molar refractivity (Wildman–Crippen MR) is 151 cm³/mol. The molecule has 0 saturated carbocycles. The van der Waals surface area contributed by atoms with Crippen LogP contribution in [0.15, 0.2) is 76.4 Å². The Hall–Kier alpha value is -3.72. The number of halogens is 1. The van der Waals surface area contributed by atoms with Gasteiger partial charge in [0.15, 0.2) is 0 Å². The van der Waals surface area contributed by atoms with E-state index in [1.807, 2.05) is 25.1 Å². The molecular formula is C29H28BrN5O3. The lowest BCUT2D eigenvalue weighted by atomic mass is 9.67. The molecule has 2 unspecified atom stereocenters. The number of nitrogens with zero attached hydrogens (tertiary/aromatic N) is 5. The molecule has 9 heteroatoms. The van der Waals surface area contributed by atoms with Crippen molar-refractivity contribution in [1.82, 2.24) is 4.98 Å². The van der Waals surface area contributed by atoms with Gasteiger partial charge in [0.25, 0.3) is 5.91 Å². The van der Waals surface area contributed by atoms with E-state index in [-0.39, 0.29) is 17.9 Å². The molecular weight excluding hydrogens is 546 g/mol. The van der Waals surface area contributed by atoms with Crippen LogP contribution < -0.4 is 14.8 Å². The lowest BCUT2D eigenvalue weighted by Gasteiger charge is -2.53. The van der Waals surface area contributed by atoms with E-state index in [2.05, 4.69) is 48.9 Å². The summed E-state index contributed by atoms with van der Waals surface area (Å²) in [7, 11) is 0. The summed E-state index contributed by atoms with van der Waals surface area (Å²) in [5.74, 6) is 0.475. The van der Waals surface area contributed by atoms with Crippen LogP contribution in [0.25, 0.3) is 0 Å². The number of esters is 1. The Balaban J connectivity index is 1.39. The molecule has 1 aromatic heterocycles. The Bertz CT molecular complexity index is 1430. The molecule has 1 saturated heterocycles. The number of hydrazone groups is 1. The van der Waals surface area contributed by atoms with Crippen molar-refractivity contribution in [3.63, 3.8) is 0 Å². The topological polar surface area (TPSA) is 78.3 Å². The van der Waals surface area contributed by atoms with E-state index in [0.717, 1.165) is 34.7 Å². The second-order valence-electron chi connectivity index (χ2n) is 9.83. The minimum atomic E-state index is -0.832. The largest absolute Gasteiger partial charge is 0.462 e. The fourth-order valence-corrected chi connectivity index (χ4v) is 6.39. The van der Waals surface area contributed by atoms with E-state index in [1.165, 1.54) is 10.7 Å². The SMILES string of the molecule is CCOC(=O)c1ccc(N2N=C(C)C3(Cc4cc(Br)ccc4N4CCN(c5ccccn5)CC43)C2=O)cc1. The zero-order chi connectivity index (χ0) is 26.4. The van der Waals surface area contributed by atoms with Crippen LogP contribution in [0.2, 0.25) is 0 Å².